The molecule has 132 valence electrons. The molecule has 0 saturated carbocycles. The van der Waals surface area contributed by atoms with Gasteiger partial charge in [-0.25, -0.2) is 4.39 Å². The van der Waals surface area contributed by atoms with Gasteiger partial charge in [0.25, 0.3) is 0 Å². The Morgan fingerprint density at radius 2 is 1.84 bits per heavy atom. The van der Waals surface area contributed by atoms with Gasteiger partial charge in [-0.3, -0.25) is 4.79 Å². The van der Waals surface area contributed by atoms with Gasteiger partial charge in [0.05, 0.1) is 12.0 Å². The molecule has 1 aliphatic heterocycles. The van der Waals surface area contributed by atoms with E-state index in [0.29, 0.717) is 18.7 Å². The van der Waals surface area contributed by atoms with Crippen LogP contribution in [0.15, 0.2) is 36.4 Å². The number of carbonyl (C=O) groups is 1. The quantitative estimate of drug-likeness (QED) is 0.857. The van der Waals surface area contributed by atoms with Crippen LogP contribution in [0.4, 0.5) is 23.2 Å². The average Bonchev–Trinajstić information content (AvgIpc) is 2.87. The molecule has 3 nitrogen and oxygen atoms in total. The zero-order valence-corrected chi connectivity index (χ0v) is 13.2. The van der Waals surface area contributed by atoms with Gasteiger partial charge in [-0.2, -0.15) is 13.2 Å². The van der Waals surface area contributed by atoms with Crippen LogP contribution in [0.3, 0.4) is 0 Å². The highest BCUT2D eigenvalue weighted by Gasteiger charge is 2.34. The Morgan fingerprint density at radius 3 is 2.48 bits per heavy atom. The standard InChI is InChI=1S/C18H16F4N2O/c19-15-8-12(1-3-14(15)18(20,21)22)10-24-6-5-13-7-11(9-17(23)25)2-4-16(13)24/h1-4,7-8H,5-6,9-10H2,(H2,23,25). The number of anilines is 1. The van der Waals surface area contributed by atoms with Crippen LogP contribution in [-0.4, -0.2) is 12.5 Å². The van der Waals surface area contributed by atoms with Gasteiger partial charge in [-0.15, -0.1) is 0 Å². The first-order valence-corrected chi connectivity index (χ1v) is 7.75. The minimum absolute atomic E-state index is 0.164. The molecule has 0 unspecified atom stereocenters. The largest absolute Gasteiger partial charge is 0.419 e. The lowest BCUT2D eigenvalue weighted by atomic mass is 10.1. The van der Waals surface area contributed by atoms with E-state index in [2.05, 4.69) is 0 Å². The molecule has 2 aromatic rings. The summed E-state index contributed by atoms with van der Waals surface area (Å²) in [6.45, 7) is 0.995. The van der Waals surface area contributed by atoms with Crippen LogP contribution in [0.25, 0.3) is 0 Å². The molecule has 1 aliphatic rings. The van der Waals surface area contributed by atoms with Crippen LogP contribution >= 0.6 is 0 Å². The number of carbonyl (C=O) groups excluding carboxylic acids is 1. The van der Waals surface area contributed by atoms with Crippen LogP contribution < -0.4 is 10.6 Å². The topological polar surface area (TPSA) is 46.3 Å². The summed E-state index contributed by atoms with van der Waals surface area (Å²) < 4.78 is 51.6. The van der Waals surface area contributed by atoms with Gasteiger partial charge in [0, 0.05) is 18.8 Å². The minimum Gasteiger partial charge on any atom is -0.369 e. The predicted molar refractivity (Wildman–Crippen MR) is 85.5 cm³/mol. The highest BCUT2D eigenvalue weighted by molar-refractivity contribution is 5.77. The Morgan fingerprint density at radius 1 is 1.12 bits per heavy atom. The van der Waals surface area contributed by atoms with Crippen LogP contribution in [0.1, 0.15) is 22.3 Å². The van der Waals surface area contributed by atoms with Gasteiger partial charge in [-0.1, -0.05) is 18.2 Å². The third kappa shape index (κ3) is 3.75. The molecule has 0 saturated heterocycles. The number of halogens is 4. The summed E-state index contributed by atoms with van der Waals surface area (Å²) >= 11 is 0. The molecule has 0 spiro atoms. The van der Waals surface area contributed by atoms with Crippen molar-refractivity contribution in [3.63, 3.8) is 0 Å². The number of benzene rings is 2. The van der Waals surface area contributed by atoms with Gasteiger partial charge in [0.1, 0.15) is 5.82 Å². The first-order chi connectivity index (χ1) is 11.7. The van der Waals surface area contributed by atoms with E-state index >= 15 is 0 Å². The Labute approximate surface area is 142 Å². The normalized spacial score (nSPS) is 13.8. The molecule has 0 aliphatic carbocycles. The zero-order valence-electron chi connectivity index (χ0n) is 13.2. The number of nitrogens with zero attached hydrogens (tertiary/aromatic N) is 1. The number of hydrogen-bond acceptors (Lipinski definition) is 2. The highest BCUT2D eigenvalue weighted by Crippen LogP contribution is 2.33. The van der Waals surface area contributed by atoms with E-state index < -0.39 is 23.5 Å². The maximum atomic E-state index is 13.7. The van der Waals surface area contributed by atoms with E-state index in [9.17, 15) is 22.4 Å². The zero-order chi connectivity index (χ0) is 18.2. The first kappa shape index (κ1) is 17.3. The fraction of sp³-hybridized carbons (Fsp3) is 0.278. The third-order valence-electron chi connectivity index (χ3n) is 4.23. The van der Waals surface area contributed by atoms with Crippen LogP contribution in [0, 0.1) is 5.82 Å². The fourth-order valence-electron chi connectivity index (χ4n) is 3.11. The van der Waals surface area contributed by atoms with Crippen molar-refractivity contribution in [3.8, 4) is 0 Å². The lowest BCUT2D eigenvalue weighted by Crippen LogP contribution is -2.20. The van der Waals surface area contributed by atoms with E-state index in [1.165, 1.54) is 6.07 Å². The van der Waals surface area contributed by atoms with Crippen molar-refractivity contribution in [3.05, 3.63) is 64.5 Å². The minimum atomic E-state index is -4.69. The van der Waals surface area contributed by atoms with Gasteiger partial charge >= 0.3 is 6.18 Å². The van der Waals surface area contributed by atoms with Crippen molar-refractivity contribution in [2.24, 2.45) is 5.73 Å². The molecule has 2 aromatic carbocycles. The molecule has 0 aromatic heterocycles. The second kappa shape index (κ2) is 6.38. The molecular formula is C18H16F4N2O. The monoisotopic (exact) mass is 352 g/mol. The SMILES string of the molecule is NC(=O)Cc1ccc2c(c1)CCN2Cc1ccc(C(F)(F)F)c(F)c1. The van der Waals surface area contributed by atoms with Crippen LogP contribution in [-0.2, 0) is 30.4 Å². The van der Waals surface area contributed by atoms with E-state index in [1.54, 1.807) is 6.07 Å². The summed E-state index contributed by atoms with van der Waals surface area (Å²) in [5.41, 5.74) is 7.22. The Bertz CT molecular complexity index is 817. The van der Waals surface area contributed by atoms with Gasteiger partial charge in [-0.05, 0) is 41.3 Å². The number of rotatable bonds is 4. The lowest BCUT2D eigenvalue weighted by molar-refractivity contribution is -0.140. The second-order valence-electron chi connectivity index (χ2n) is 6.09. The summed E-state index contributed by atoms with van der Waals surface area (Å²) in [4.78, 5) is 13.0. The number of amides is 1. The van der Waals surface area contributed by atoms with Crippen molar-refractivity contribution in [2.45, 2.75) is 25.6 Å². The van der Waals surface area contributed by atoms with Crippen molar-refractivity contribution in [1.29, 1.82) is 0 Å². The molecule has 0 fully saturated rings. The summed E-state index contributed by atoms with van der Waals surface area (Å²) in [7, 11) is 0. The average molecular weight is 352 g/mol. The van der Waals surface area contributed by atoms with E-state index in [0.717, 1.165) is 35.4 Å². The summed E-state index contributed by atoms with van der Waals surface area (Å²) in [6.07, 6.45) is -3.78. The van der Waals surface area contributed by atoms with E-state index in [1.807, 2.05) is 17.0 Å². The number of hydrogen-bond donors (Lipinski definition) is 1. The smallest absolute Gasteiger partial charge is 0.369 e. The number of alkyl halides is 3. The van der Waals surface area contributed by atoms with Gasteiger partial charge < -0.3 is 10.6 Å². The number of primary amides is 1. The third-order valence-corrected chi connectivity index (χ3v) is 4.23. The molecule has 0 radical (unpaired) electrons. The maximum absolute atomic E-state index is 13.7. The molecule has 25 heavy (non-hydrogen) atoms. The highest BCUT2D eigenvalue weighted by atomic mass is 19.4. The molecule has 0 bridgehead atoms. The molecule has 7 heteroatoms. The van der Waals surface area contributed by atoms with Crippen molar-refractivity contribution >= 4 is 11.6 Å². The molecular weight excluding hydrogens is 336 g/mol. The van der Waals surface area contributed by atoms with Crippen LogP contribution in [0.2, 0.25) is 0 Å². The van der Waals surface area contributed by atoms with Crippen molar-refractivity contribution in [1.82, 2.24) is 0 Å². The summed E-state index contributed by atoms with van der Waals surface area (Å²) in [5.74, 6) is -1.67. The molecule has 2 N–H and O–H groups in total. The van der Waals surface area contributed by atoms with E-state index in [4.69, 9.17) is 5.73 Å². The Kier molecular flexibility index (Phi) is 4.41. The Hall–Kier alpha value is -2.57. The molecule has 3 rings (SSSR count). The predicted octanol–water partition coefficient (Wildman–Crippen LogP) is 3.44. The summed E-state index contributed by atoms with van der Waals surface area (Å²) in [5, 5.41) is 0. The Balaban J connectivity index is 1.78. The van der Waals surface area contributed by atoms with Gasteiger partial charge in [0.15, 0.2) is 0 Å². The molecule has 0 atom stereocenters. The van der Waals surface area contributed by atoms with Gasteiger partial charge in [0.2, 0.25) is 5.91 Å². The lowest BCUT2D eigenvalue weighted by Gasteiger charge is -2.20. The van der Waals surface area contributed by atoms with E-state index in [-0.39, 0.29) is 6.42 Å². The first-order valence-electron chi connectivity index (χ1n) is 7.75. The molecule has 1 heterocycles. The van der Waals surface area contributed by atoms with Crippen LogP contribution in [0.5, 0.6) is 0 Å². The number of fused-ring (bicyclic) bond motifs is 1. The van der Waals surface area contributed by atoms with Crippen molar-refractivity contribution < 1.29 is 22.4 Å². The number of nitrogens with two attached hydrogens (primary N) is 1. The molecule has 1 amide bonds. The second-order valence-corrected chi connectivity index (χ2v) is 6.09. The fourth-order valence-corrected chi connectivity index (χ4v) is 3.11. The van der Waals surface area contributed by atoms with Crippen molar-refractivity contribution in [2.75, 3.05) is 11.4 Å². The maximum Gasteiger partial charge on any atom is 0.419 e. The summed E-state index contributed by atoms with van der Waals surface area (Å²) in [6, 6.07) is 8.58.